The molecule has 1 aromatic carbocycles. The molecule has 31 heavy (non-hydrogen) atoms. The molecule has 0 bridgehead atoms. The fraction of sp³-hybridized carbons (Fsp3) is 0.429. The molecule has 1 amide bonds. The normalized spacial score (nSPS) is 20.0. The zero-order valence-electron chi connectivity index (χ0n) is 17.6. The Morgan fingerprint density at radius 2 is 1.90 bits per heavy atom. The molecule has 1 N–H and O–H groups in total. The number of aromatic nitrogens is 1. The third-order valence-corrected chi connectivity index (χ3v) is 6.89. The highest BCUT2D eigenvalue weighted by Crippen LogP contribution is 2.38. The van der Waals surface area contributed by atoms with Crippen molar-refractivity contribution in [1.29, 1.82) is 0 Å². The van der Waals surface area contributed by atoms with Crippen molar-refractivity contribution in [1.82, 2.24) is 4.98 Å². The molecule has 1 atom stereocenters. The second-order valence-corrected chi connectivity index (χ2v) is 9.92. The lowest BCUT2D eigenvalue weighted by Gasteiger charge is -2.44. The van der Waals surface area contributed by atoms with Crippen LogP contribution < -0.4 is 15.1 Å². The quantitative estimate of drug-likeness (QED) is 0.769. The molecule has 2 aromatic rings. The molecule has 2 aliphatic rings. The second-order valence-electron chi connectivity index (χ2n) is 7.90. The Morgan fingerprint density at radius 1 is 1.19 bits per heavy atom. The minimum absolute atomic E-state index is 0.0103. The molecule has 3 heterocycles. The summed E-state index contributed by atoms with van der Waals surface area (Å²) in [6, 6.07) is 6.90. The van der Waals surface area contributed by atoms with Gasteiger partial charge in [-0.25, -0.2) is 17.8 Å². The van der Waals surface area contributed by atoms with Crippen LogP contribution in [0.2, 0.25) is 0 Å². The van der Waals surface area contributed by atoms with Gasteiger partial charge in [-0.05, 0) is 50.1 Å². The summed E-state index contributed by atoms with van der Waals surface area (Å²) in [5.41, 5.74) is 0.804. The van der Waals surface area contributed by atoms with Gasteiger partial charge in [0.25, 0.3) is 0 Å². The van der Waals surface area contributed by atoms with Crippen LogP contribution in [0.5, 0.6) is 0 Å². The van der Waals surface area contributed by atoms with Gasteiger partial charge in [-0.15, -0.1) is 0 Å². The molecule has 10 heteroatoms. The molecule has 1 aromatic heterocycles. The number of fused-ring (bicyclic) bond motifs is 1. The molecule has 0 radical (unpaired) electrons. The van der Waals surface area contributed by atoms with E-state index in [4.69, 9.17) is 9.72 Å². The van der Waals surface area contributed by atoms with Crippen LogP contribution in [0.4, 0.5) is 27.4 Å². The van der Waals surface area contributed by atoms with E-state index < -0.39 is 15.7 Å². The van der Waals surface area contributed by atoms with E-state index in [0.717, 1.165) is 25.2 Å². The Balaban J connectivity index is 1.69. The molecule has 4 rings (SSSR count). The second kappa shape index (κ2) is 8.08. The number of likely N-dealkylation sites (N-methyl/N-ethyl adjacent to an activating group) is 1. The van der Waals surface area contributed by atoms with Crippen molar-refractivity contribution in [3.8, 4) is 0 Å². The summed E-state index contributed by atoms with van der Waals surface area (Å²) in [5.74, 6) is 0.352. The third-order valence-electron chi connectivity index (χ3n) is 5.78. The molecule has 0 unspecified atom stereocenters. The van der Waals surface area contributed by atoms with E-state index in [2.05, 4.69) is 5.32 Å². The molecule has 0 spiro atoms. The Hall–Kier alpha value is -2.72. The van der Waals surface area contributed by atoms with Crippen LogP contribution in [0.25, 0.3) is 0 Å². The Labute approximate surface area is 180 Å². The highest BCUT2D eigenvalue weighted by atomic mass is 32.2. The van der Waals surface area contributed by atoms with Gasteiger partial charge in [0.1, 0.15) is 17.7 Å². The van der Waals surface area contributed by atoms with Gasteiger partial charge in [0.2, 0.25) is 5.91 Å². The minimum atomic E-state index is -3.50. The number of pyridine rings is 1. The van der Waals surface area contributed by atoms with Crippen LogP contribution in [0.15, 0.2) is 35.2 Å². The van der Waals surface area contributed by atoms with Gasteiger partial charge in [-0.1, -0.05) is 0 Å². The maximum Gasteiger partial charge on any atom is 0.249 e. The van der Waals surface area contributed by atoms with Crippen LogP contribution in [0.1, 0.15) is 19.8 Å². The Bertz CT molecular complexity index is 1120. The van der Waals surface area contributed by atoms with Crippen LogP contribution in [-0.4, -0.2) is 57.9 Å². The van der Waals surface area contributed by atoms with Gasteiger partial charge < -0.3 is 19.9 Å². The van der Waals surface area contributed by atoms with Crippen molar-refractivity contribution in [3.63, 3.8) is 0 Å². The summed E-state index contributed by atoms with van der Waals surface area (Å²) in [6.07, 6.45) is 2.62. The summed E-state index contributed by atoms with van der Waals surface area (Å²) < 4.78 is 43.3. The lowest BCUT2D eigenvalue weighted by atomic mass is 10.0. The average molecular weight is 449 g/mol. The number of sulfone groups is 1. The maximum atomic E-state index is 14.5. The number of halogens is 1. The SMILES string of the molecule is C[C@@H]1C(=O)N(C)c2ccc(Nc3ccc(S(C)(=O)=O)cc3F)nc2N1C1CCOCC1. The highest BCUT2D eigenvalue weighted by molar-refractivity contribution is 7.90. The lowest BCUT2D eigenvalue weighted by Crippen LogP contribution is -2.56. The average Bonchev–Trinajstić information content (AvgIpc) is 2.74. The van der Waals surface area contributed by atoms with Crippen molar-refractivity contribution in [2.75, 3.05) is 41.6 Å². The van der Waals surface area contributed by atoms with E-state index in [9.17, 15) is 17.6 Å². The molecule has 166 valence electrons. The first kappa shape index (κ1) is 21.5. The van der Waals surface area contributed by atoms with E-state index in [1.807, 2.05) is 11.8 Å². The maximum absolute atomic E-state index is 14.5. The van der Waals surface area contributed by atoms with E-state index in [1.165, 1.54) is 12.1 Å². The van der Waals surface area contributed by atoms with Crippen LogP contribution in [0, 0.1) is 5.82 Å². The van der Waals surface area contributed by atoms with Crippen molar-refractivity contribution in [2.24, 2.45) is 0 Å². The summed E-state index contributed by atoms with van der Waals surface area (Å²) in [6.45, 7) is 3.12. The number of hydrogen-bond donors (Lipinski definition) is 1. The summed E-state index contributed by atoms with van der Waals surface area (Å²) >= 11 is 0. The van der Waals surface area contributed by atoms with Crippen LogP contribution in [0.3, 0.4) is 0 Å². The van der Waals surface area contributed by atoms with E-state index in [0.29, 0.717) is 30.5 Å². The third kappa shape index (κ3) is 4.09. The lowest BCUT2D eigenvalue weighted by molar-refractivity contribution is -0.119. The first-order valence-electron chi connectivity index (χ1n) is 10.1. The topological polar surface area (TPSA) is 91.8 Å². The number of benzene rings is 1. The minimum Gasteiger partial charge on any atom is -0.381 e. The van der Waals surface area contributed by atoms with Crippen molar-refractivity contribution < 1.29 is 22.3 Å². The fourth-order valence-corrected chi connectivity index (χ4v) is 4.71. The number of amides is 1. The van der Waals surface area contributed by atoms with Crippen molar-refractivity contribution >= 4 is 38.8 Å². The summed E-state index contributed by atoms with van der Waals surface area (Å²) in [4.78, 5) is 21.0. The standard InChI is InChI=1S/C21H25FN4O4S/c1-13-21(27)25(2)18-6-7-19(24-20(18)26(13)14-8-10-30-11-9-14)23-17-5-4-15(12-16(17)22)31(3,28)29/h4-7,12-14H,8-11H2,1-3H3,(H,23,24)/t13-/m1/s1. The van der Waals surface area contributed by atoms with Gasteiger partial charge in [-0.3, -0.25) is 4.79 Å². The molecule has 8 nitrogen and oxygen atoms in total. The number of carbonyl (C=O) groups is 1. The van der Waals surface area contributed by atoms with Crippen molar-refractivity contribution in [3.05, 3.63) is 36.1 Å². The number of nitrogens with one attached hydrogen (secondary N) is 1. The van der Waals surface area contributed by atoms with E-state index in [-0.39, 0.29) is 28.6 Å². The first-order valence-corrected chi connectivity index (χ1v) is 12.0. The molecule has 2 aliphatic heterocycles. The van der Waals surface area contributed by atoms with Crippen molar-refractivity contribution in [2.45, 2.75) is 36.7 Å². The summed E-state index contributed by atoms with van der Waals surface area (Å²) in [5, 5.41) is 2.93. The number of anilines is 4. The first-order chi connectivity index (χ1) is 14.7. The zero-order valence-corrected chi connectivity index (χ0v) is 18.4. The Morgan fingerprint density at radius 3 is 2.55 bits per heavy atom. The van der Waals surface area contributed by atoms with Crippen LogP contribution >= 0.6 is 0 Å². The van der Waals surface area contributed by atoms with Crippen LogP contribution in [-0.2, 0) is 19.4 Å². The predicted molar refractivity (Wildman–Crippen MR) is 116 cm³/mol. The predicted octanol–water partition coefficient (Wildman–Crippen LogP) is 2.72. The molecule has 0 saturated carbocycles. The number of nitrogens with zero attached hydrogens (tertiary/aromatic N) is 3. The Kier molecular flexibility index (Phi) is 5.61. The number of ether oxygens (including phenoxy) is 1. The zero-order chi connectivity index (χ0) is 22.3. The largest absolute Gasteiger partial charge is 0.381 e. The number of hydrogen-bond acceptors (Lipinski definition) is 7. The van der Waals surface area contributed by atoms with Gasteiger partial charge in [-0.2, -0.15) is 0 Å². The van der Waals surface area contributed by atoms with Gasteiger partial charge >= 0.3 is 0 Å². The molecule has 1 saturated heterocycles. The molecular weight excluding hydrogens is 423 g/mol. The molecule has 0 aliphatic carbocycles. The molecule has 1 fully saturated rings. The smallest absolute Gasteiger partial charge is 0.249 e. The number of rotatable bonds is 4. The fourth-order valence-electron chi connectivity index (χ4n) is 4.08. The van der Waals surface area contributed by atoms with Gasteiger partial charge in [0, 0.05) is 32.6 Å². The van der Waals surface area contributed by atoms with Gasteiger partial charge in [0.05, 0.1) is 16.3 Å². The van der Waals surface area contributed by atoms with E-state index >= 15 is 0 Å². The number of carbonyl (C=O) groups excluding carboxylic acids is 1. The summed E-state index contributed by atoms with van der Waals surface area (Å²) in [7, 11) is -1.78. The molecular formula is C21H25FN4O4S. The highest BCUT2D eigenvalue weighted by Gasteiger charge is 2.39. The van der Waals surface area contributed by atoms with Gasteiger partial charge in [0.15, 0.2) is 15.7 Å². The van der Waals surface area contributed by atoms with E-state index in [1.54, 1.807) is 24.1 Å². The monoisotopic (exact) mass is 448 g/mol.